The quantitative estimate of drug-likeness (QED) is 0.562. The summed E-state index contributed by atoms with van der Waals surface area (Å²) >= 11 is 0. The molecule has 1 atom stereocenters. The summed E-state index contributed by atoms with van der Waals surface area (Å²) in [6.07, 6.45) is 5.20. The Balaban J connectivity index is 2.18. The third kappa shape index (κ3) is 2.35. The molecule has 1 heterocycles. The molecule has 0 bridgehead atoms. The lowest BCUT2D eigenvalue weighted by Gasteiger charge is -2.08. The summed E-state index contributed by atoms with van der Waals surface area (Å²) in [5.41, 5.74) is 0. The topological polar surface area (TPSA) is 12.0 Å². The Morgan fingerprint density at radius 1 is 1.33 bits per heavy atom. The molecular weight excluding hydrogens is 110 g/mol. The van der Waals surface area contributed by atoms with Gasteiger partial charge in [0.25, 0.3) is 0 Å². The van der Waals surface area contributed by atoms with Gasteiger partial charge in [-0.15, -0.1) is 0 Å². The summed E-state index contributed by atoms with van der Waals surface area (Å²) in [6, 6.07) is 0. The molecule has 0 amide bonds. The van der Waals surface area contributed by atoms with E-state index in [-0.39, 0.29) is 0 Å². The van der Waals surface area contributed by atoms with Gasteiger partial charge in [0.15, 0.2) is 0 Å². The monoisotopic (exact) mass is 126 g/mol. The Kier molecular flexibility index (Phi) is 3.05. The van der Waals surface area contributed by atoms with Gasteiger partial charge in [0.05, 0.1) is 0 Å². The smallest absolute Gasteiger partial charge is 0.00463 e. The summed E-state index contributed by atoms with van der Waals surface area (Å²) in [7, 11) is 0. The largest absolute Gasteiger partial charge is 0.317 e. The molecule has 1 N–H and O–H groups in total. The van der Waals surface area contributed by atoms with Crippen molar-refractivity contribution in [1.29, 1.82) is 0 Å². The average molecular weight is 126 g/mol. The lowest BCUT2D eigenvalue weighted by atomic mass is 9.98. The molecule has 1 rings (SSSR count). The van der Waals surface area contributed by atoms with Crippen LogP contribution in [0.3, 0.4) is 0 Å². The van der Waals surface area contributed by atoms with Gasteiger partial charge < -0.3 is 5.32 Å². The van der Waals surface area contributed by atoms with Crippen LogP contribution >= 0.6 is 0 Å². The molecule has 1 aliphatic rings. The van der Waals surface area contributed by atoms with Crippen molar-refractivity contribution in [2.45, 2.75) is 25.7 Å². The van der Waals surface area contributed by atoms with Crippen molar-refractivity contribution in [3.63, 3.8) is 0 Å². The zero-order valence-electron chi connectivity index (χ0n) is 6.03. The molecular formula is C8H16N. The first kappa shape index (κ1) is 7.07. The minimum absolute atomic E-state index is 0.903. The predicted octanol–water partition coefficient (Wildman–Crippen LogP) is 1.60. The van der Waals surface area contributed by atoms with Gasteiger partial charge in [-0.1, -0.05) is 13.3 Å². The van der Waals surface area contributed by atoms with Gasteiger partial charge >= 0.3 is 0 Å². The van der Waals surface area contributed by atoms with E-state index in [0.717, 1.165) is 12.3 Å². The van der Waals surface area contributed by atoms with Crippen LogP contribution in [0.25, 0.3) is 0 Å². The number of hydrogen-bond donors (Lipinski definition) is 1. The van der Waals surface area contributed by atoms with Crippen molar-refractivity contribution in [2.75, 3.05) is 13.1 Å². The van der Waals surface area contributed by atoms with Crippen LogP contribution in [0.5, 0.6) is 0 Å². The highest BCUT2D eigenvalue weighted by atomic mass is 14.8. The molecule has 53 valence electrons. The second-order valence-corrected chi connectivity index (χ2v) is 2.84. The Morgan fingerprint density at radius 3 is 3.00 bits per heavy atom. The van der Waals surface area contributed by atoms with Crippen LogP contribution in [-0.4, -0.2) is 13.1 Å². The highest BCUT2D eigenvalue weighted by Crippen LogP contribution is 2.15. The molecule has 1 nitrogen and oxygen atoms in total. The normalized spacial score (nSPS) is 29.7. The standard InChI is InChI=1S/C8H16N/c1-2-8-4-3-6-9-7-5-8/h8-9H,1-7H2. The van der Waals surface area contributed by atoms with Gasteiger partial charge in [-0.3, -0.25) is 0 Å². The summed E-state index contributed by atoms with van der Waals surface area (Å²) in [5.74, 6) is 0.903. The van der Waals surface area contributed by atoms with E-state index in [9.17, 15) is 0 Å². The molecule has 1 radical (unpaired) electrons. The minimum atomic E-state index is 0.903. The molecule has 0 aromatic heterocycles. The maximum atomic E-state index is 3.92. The first-order chi connectivity index (χ1) is 4.43. The van der Waals surface area contributed by atoms with E-state index in [4.69, 9.17) is 0 Å². The van der Waals surface area contributed by atoms with Crippen LogP contribution < -0.4 is 5.32 Å². The van der Waals surface area contributed by atoms with Crippen molar-refractivity contribution < 1.29 is 0 Å². The van der Waals surface area contributed by atoms with Crippen molar-refractivity contribution >= 4 is 0 Å². The van der Waals surface area contributed by atoms with Crippen molar-refractivity contribution in [2.24, 2.45) is 5.92 Å². The molecule has 0 aromatic rings. The third-order valence-corrected chi connectivity index (χ3v) is 2.10. The van der Waals surface area contributed by atoms with E-state index in [1.807, 2.05) is 0 Å². The Hall–Kier alpha value is -0.0400. The van der Waals surface area contributed by atoms with E-state index in [1.165, 1.54) is 32.4 Å². The predicted molar refractivity (Wildman–Crippen MR) is 40.2 cm³/mol. The Bertz CT molecular complexity index is 63.0. The van der Waals surface area contributed by atoms with Gasteiger partial charge in [0.1, 0.15) is 0 Å². The number of rotatable bonds is 1. The third-order valence-electron chi connectivity index (χ3n) is 2.10. The van der Waals surface area contributed by atoms with Crippen LogP contribution in [-0.2, 0) is 0 Å². The van der Waals surface area contributed by atoms with Gasteiger partial charge in [0.2, 0.25) is 0 Å². The fourth-order valence-electron chi connectivity index (χ4n) is 1.38. The van der Waals surface area contributed by atoms with Gasteiger partial charge in [-0.2, -0.15) is 0 Å². The molecule has 0 saturated carbocycles. The Morgan fingerprint density at radius 2 is 2.22 bits per heavy atom. The summed E-state index contributed by atoms with van der Waals surface area (Å²) in [5, 5.41) is 3.38. The SMILES string of the molecule is [CH2]CC1CCCNCC1. The molecule has 0 aliphatic carbocycles. The van der Waals surface area contributed by atoms with Gasteiger partial charge in [-0.05, 0) is 38.3 Å². The first-order valence-electron chi connectivity index (χ1n) is 3.93. The molecule has 1 unspecified atom stereocenters. The summed E-state index contributed by atoms with van der Waals surface area (Å²) in [4.78, 5) is 0. The lowest BCUT2D eigenvalue weighted by Crippen LogP contribution is -2.13. The second kappa shape index (κ2) is 3.89. The fraction of sp³-hybridized carbons (Fsp3) is 0.875. The van der Waals surface area contributed by atoms with E-state index in [2.05, 4.69) is 12.2 Å². The van der Waals surface area contributed by atoms with Crippen molar-refractivity contribution in [3.8, 4) is 0 Å². The van der Waals surface area contributed by atoms with Crippen LogP contribution in [0.4, 0.5) is 0 Å². The molecule has 0 spiro atoms. The zero-order chi connectivity index (χ0) is 6.53. The summed E-state index contributed by atoms with van der Waals surface area (Å²) < 4.78 is 0. The maximum Gasteiger partial charge on any atom is -0.00463 e. The highest BCUT2D eigenvalue weighted by molar-refractivity contribution is 4.66. The second-order valence-electron chi connectivity index (χ2n) is 2.84. The molecule has 1 fully saturated rings. The lowest BCUT2D eigenvalue weighted by molar-refractivity contribution is 0.477. The number of hydrogen-bond acceptors (Lipinski definition) is 1. The zero-order valence-corrected chi connectivity index (χ0v) is 6.03. The Labute approximate surface area is 57.8 Å². The van der Waals surface area contributed by atoms with E-state index in [0.29, 0.717) is 0 Å². The van der Waals surface area contributed by atoms with Crippen LogP contribution in [0.1, 0.15) is 25.7 Å². The molecule has 1 saturated heterocycles. The van der Waals surface area contributed by atoms with Crippen molar-refractivity contribution in [3.05, 3.63) is 6.92 Å². The van der Waals surface area contributed by atoms with E-state index >= 15 is 0 Å². The molecule has 0 aromatic carbocycles. The van der Waals surface area contributed by atoms with Crippen molar-refractivity contribution in [1.82, 2.24) is 5.32 Å². The van der Waals surface area contributed by atoms with Crippen LogP contribution in [0.2, 0.25) is 0 Å². The summed E-state index contributed by atoms with van der Waals surface area (Å²) in [6.45, 7) is 6.35. The first-order valence-corrected chi connectivity index (χ1v) is 3.93. The van der Waals surface area contributed by atoms with E-state index < -0.39 is 0 Å². The van der Waals surface area contributed by atoms with Gasteiger partial charge in [0, 0.05) is 0 Å². The molecule has 1 aliphatic heterocycles. The molecule has 9 heavy (non-hydrogen) atoms. The minimum Gasteiger partial charge on any atom is -0.317 e. The van der Waals surface area contributed by atoms with Crippen LogP contribution in [0.15, 0.2) is 0 Å². The van der Waals surface area contributed by atoms with Gasteiger partial charge in [-0.25, -0.2) is 0 Å². The fourth-order valence-corrected chi connectivity index (χ4v) is 1.38. The maximum absolute atomic E-state index is 3.92. The number of nitrogens with one attached hydrogen (secondary N) is 1. The average Bonchev–Trinajstić information content (AvgIpc) is 2.13. The van der Waals surface area contributed by atoms with Crippen LogP contribution in [0, 0.1) is 12.8 Å². The highest BCUT2D eigenvalue weighted by Gasteiger charge is 2.08. The molecule has 1 heteroatoms. The van der Waals surface area contributed by atoms with E-state index in [1.54, 1.807) is 0 Å².